The minimum Gasteiger partial charge on any atom is -0.324 e. The van der Waals surface area contributed by atoms with Crippen LogP contribution in [-0.2, 0) is 27.2 Å². The molecule has 0 bridgehead atoms. The second-order valence-corrected chi connectivity index (χ2v) is 9.56. The number of nitrogens with zero attached hydrogens (tertiary/aromatic N) is 8. The van der Waals surface area contributed by atoms with E-state index in [4.69, 9.17) is 11.6 Å². The predicted molar refractivity (Wildman–Crippen MR) is 129 cm³/mol. The maximum atomic E-state index is 13.7. The van der Waals surface area contributed by atoms with E-state index in [-0.39, 0.29) is 56.5 Å². The Hall–Kier alpha value is -3.61. The average Bonchev–Trinajstić information content (AvgIpc) is 3.38. The molecule has 11 nitrogen and oxygen atoms in total. The lowest BCUT2D eigenvalue weighted by Gasteiger charge is -2.29. The SMILES string of the molecule is Cn1cnc(Cn2c(=O)nc(Nc3cc4cn(C)nc4cc3Cl)n(CC3CCC(F)(F)CC3)c2=O)n1. The number of nitrogens with one attached hydrogen (secondary N) is 1. The molecule has 3 aromatic heterocycles. The Morgan fingerprint density at radius 1 is 1.11 bits per heavy atom. The van der Waals surface area contributed by atoms with Gasteiger partial charge in [0.2, 0.25) is 11.9 Å². The minimum atomic E-state index is -2.70. The van der Waals surface area contributed by atoms with Gasteiger partial charge in [0, 0.05) is 45.1 Å². The van der Waals surface area contributed by atoms with E-state index in [9.17, 15) is 18.4 Å². The van der Waals surface area contributed by atoms with Gasteiger partial charge in [-0.2, -0.15) is 15.2 Å². The maximum absolute atomic E-state index is 13.7. The second-order valence-electron chi connectivity index (χ2n) is 9.15. The fourth-order valence-electron chi connectivity index (χ4n) is 4.45. The molecule has 0 spiro atoms. The van der Waals surface area contributed by atoms with Gasteiger partial charge in [-0.3, -0.25) is 13.9 Å². The third-order valence-electron chi connectivity index (χ3n) is 6.33. The molecule has 5 rings (SSSR count). The van der Waals surface area contributed by atoms with E-state index in [1.54, 1.807) is 37.1 Å². The van der Waals surface area contributed by atoms with Crippen molar-refractivity contribution < 1.29 is 8.78 Å². The molecule has 1 fully saturated rings. The Labute approximate surface area is 208 Å². The zero-order valence-corrected chi connectivity index (χ0v) is 20.4. The number of benzene rings is 1. The number of aryl methyl sites for hydroxylation is 2. The Morgan fingerprint density at radius 2 is 1.86 bits per heavy atom. The monoisotopic (exact) mass is 519 g/mol. The molecular weight excluding hydrogens is 496 g/mol. The molecule has 4 aromatic rings. The molecule has 190 valence electrons. The summed E-state index contributed by atoms with van der Waals surface area (Å²) in [5.41, 5.74) is -0.322. The third-order valence-corrected chi connectivity index (χ3v) is 6.64. The van der Waals surface area contributed by atoms with Crippen LogP contribution in [0.4, 0.5) is 20.4 Å². The minimum absolute atomic E-state index is 0.0160. The van der Waals surface area contributed by atoms with Crippen molar-refractivity contribution in [2.45, 2.75) is 44.7 Å². The number of fused-ring (bicyclic) bond motifs is 1. The summed E-state index contributed by atoms with van der Waals surface area (Å²) >= 11 is 6.45. The normalized spacial score (nSPS) is 16.0. The molecule has 1 saturated carbocycles. The molecule has 3 heterocycles. The van der Waals surface area contributed by atoms with Crippen LogP contribution >= 0.6 is 11.6 Å². The van der Waals surface area contributed by atoms with Gasteiger partial charge in [0.15, 0.2) is 5.82 Å². The Kier molecular flexibility index (Phi) is 6.10. The van der Waals surface area contributed by atoms with Crippen molar-refractivity contribution in [2.24, 2.45) is 20.0 Å². The summed E-state index contributed by atoms with van der Waals surface area (Å²) in [6, 6.07) is 3.41. The van der Waals surface area contributed by atoms with E-state index in [1.807, 2.05) is 0 Å². The summed E-state index contributed by atoms with van der Waals surface area (Å²) in [5, 5.41) is 12.6. The van der Waals surface area contributed by atoms with Crippen molar-refractivity contribution in [3.8, 4) is 0 Å². The summed E-state index contributed by atoms with van der Waals surface area (Å²) in [6.45, 7) is -0.0517. The van der Waals surface area contributed by atoms with Crippen LogP contribution in [0.25, 0.3) is 10.9 Å². The molecule has 0 aliphatic heterocycles. The summed E-state index contributed by atoms with van der Waals surface area (Å²) < 4.78 is 32.8. The highest BCUT2D eigenvalue weighted by Crippen LogP contribution is 2.37. The zero-order chi connectivity index (χ0) is 25.6. The van der Waals surface area contributed by atoms with Crippen molar-refractivity contribution in [1.29, 1.82) is 0 Å². The lowest BCUT2D eigenvalue weighted by molar-refractivity contribution is -0.0474. The standard InChI is InChI=1S/C22H24ClF2N9O2/c1-31-10-14-7-17(15(23)8-16(14)29-31)27-19-28-20(35)34(11-18-26-12-32(2)30-18)21(36)33(19)9-13-3-5-22(24,25)6-4-13/h7-8,10,12-13H,3-6,9,11H2,1-2H3,(H,27,28,35). The van der Waals surface area contributed by atoms with E-state index < -0.39 is 17.3 Å². The first-order chi connectivity index (χ1) is 17.1. The van der Waals surface area contributed by atoms with Crippen LogP contribution in [0.5, 0.6) is 0 Å². The van der Waals surface area contributed by atoms with E-state index in [0.717, 1.165) is 9.95 Å². The van der Waals surface area contributed by atoms with Gasteiger partial charge in [-0.15, -0.1) is 0 Å². The van der Waals surface area contributed by atoms with Crippen LogP contribution in [0.3, 0.4) is 0 Å². The van der Waals surface area contributed by atoms with E-state index in [1.165, 1.54) is 15.6 Å². The Morgan fingerprint density at radius 3 is 2.56 bits per heavy atom. The number of anilines is 2. The molecule has 0 saturated heterocycles. The molecule has 1 aliphatic rings. The number of hydrogen-bond donors (Lipinski definition) is 1. The summed E-state index contributed by atoms with van der Waals surface area (Å²) in [5.74, 6) is -2.62. The van der Waals surface area contributed by atoms with Crippen LogP contribution in [0.1, 0.15) is 31.5 Å². The average molecular weight is 520 g/mol. The fraction of sp³-hybridized carbons (Fsp3) is 0.455. The van der Waals surface area contributed by atoms with E-state index >= 15 is 0 Å². The van der Waals surface area contributed by atoms with Gasteiger partial charge in [0.05, 0.1) is 22.8 Å². The molecule has 0 amide bonds. The van der Waals surface area contributed by atoms with E-state index in [0.29, 0.717) is 16.2 Å². The molecule has 1 N–H and O–H groups in total. The smallest absolute Gasteiger partial charge is 0.324 e. The van der Waals surface area contributed by atoms with Gasteiger partial charge >= 0.3 is 11.4 Å². The van der Waals surface area contributed by atoms with Crippen LogP contribution in [0, 0.1) is 5.92 Å². The summed E-state index contributed by atoms with van der Waals surface area (Å²) in [7, 11) is 3.45. The molecule has 0 radical (unpaired) electrons. The van der Waals surface area contributed by atoms with Crippen molar-refractivity contribution in [3.63, 3.8) is 0 Å². The summed E-state index contributed by atoms with van der Waals surface area (Å²) in [6.07, 6.45) is 3.27. The predicted octanol–water partition coefficient (Wildman–Crippen LogP) is 2.69. The number of aromatic nitrogens is 8. The van der Waals surface area contributed by atoms with Crippen molar-refractivity contribution in [2.75, 3.05) is 5.32 Å². The van der Waals surface area contributed by atoms with Crippen LogP contribution in [0.2, 0.25) is 5.02 Å². The first kappa shape index (κ1) is 24.1. The molecule has 0 atom stereocenters. The lowest BCUT2D eigenvalue weighted by Crippen LogP contribution is -2.44. The second kappa shape index (κ2) is 9.12. The molecule has 36 heavy (non-hydrogen) atoms. The number of alkyl halides is 2. The highest BCUT2D eigenvalue weighted by Gasteiger charge is 2.35. The summed E-state index contributed by atoms with van der Waals surface area (Å²) in [4.78, 5) is 34.6. The third kappa shape index (κ3) is 4.87. The van der Waals surface area contributed by atoms with Crippen LogP contribution in [0.15, 0.2) is 34.2 Å². The first-order valence-electron chi connectivity index (χ1n) is 11.4. The molecule has 1 aliphatic carbocycles. The molecular formula is C22H24ClF2N9O2. The number of halogens is 3. The Balaban J connectivity index is 1.54. The largest absolute Gasteiger partial charge is 0.355 e. The first-order valence-corrected chi connectivity index (χ1v) is 11.8. The quantitative estimate of drug-likeness (QED) is 0.416. The van der Waals surface area contributed by atoms with Gasteiger partial charge in [-0.05, 0) is 30.9 Å². The van der Waals surface area contributed by atoms with Crippen LogP contribution < -0.4 is 16.7 Å². The topological polar surface area (TPSA) is 117 Å². The van der Waals surface area contributed by atoms with Gasteiger partial charge < -0.3 is 5.32 Å². The maximum Gasteiger partial charge on any atom is 0.355 e. The highest BCUT2D eigenvalue weighted by atomic mass is 35.5. The highest BCUT2D eigenvalue weighted by molar-refractivity contribution is 6.34. The Bertz CT molecular complexity index is 1550. The van der Waals surface area contributed by atoms with Gasteiger partial charge in [0.25, 0.3) is 0 Å². The molecule has 1 aromatic carbocycles. The van der Waals surface area contributed by atoms with Crippen LogP contribution in [-0.4, -0.2) is 44.6 Å². The number of rotatable bonds is 6. The molecule has 14 heteroatoms. The van der Waals surface area contributed by atoms with E-state index in [2.05, 4.69) is 25.5 Å². The molecule has 0 unspecified atom stereocenters. The lowest BCUT2D eigenvalue weighted by atomic mass is 9.87. The van der Waals surface area contributed by atoms with Crippen molar-refractivity contribution in [3.05, 3.63) is 56.5 Å². The van der Waals surface area contributed by atoms with Crippen molar-refractivity contribution in [1.82, 2.24) is 38.7 Å². The van der Waals surface area contributed by atoms with Gasteiger partial charge in [-0.1, -0.05) is 11.6 Å². The van der Waals surface area contributed by atoms with Gasteiger partial charge in [0.1, 0.15) is 6.33 Å². The van der Waals surface area contributed by atoms with Gasteiger partial charge in [-0.25, -0.2) is 27.9 Å². The van der Waals surface area contributed by atoms with Crippen molar-refractivity contribution >= 4 is 34.1 Å². The zero-order valence-electron chi connectivity index (χ0n) is 19.7. The number of hydrogen-bond acceptors (Lipinski definition) is 7. The fourth-order valence-corrected chi connectivity index (χ4v) is 4.65.